The highest BCUT2D eigenvalue weighted by molar-refractivity contribution is 7.89. The van der Waals surface area contributed by atoms with Crippen molar-refractivity contribution in [1.82, 2.24) is 19.6 Å². The molecule has 184 valence electrons. The molecule has 0 spiro atoms. The lowest BCUT2D eigenvalue weighted by Gasteiger charge is -2.45. The van der Waals surface area contributed by atoms with Crippen LogP contribution in [0.15, 0.2) is 35.6 Å². The fourth-order valence-corrected chi connectivity index (χ4v) is 6.21. The zero-order valence-corrected chi connectivity index (χ0v) is 20.5. The number of carbonyl (C=O) groups is 2. The van der Waals surface area contributed by atoms with Crippen molar-refractivity contribution in [2.24, 2.45) is 0 Å². The molecule has 1 atom stereocenters. The Labute approximate surface area is 200 Å². The Balaban J connectivity index is 1.62. The molecule has 2 aliphatic rings. The molecule has 0 aliphatic carbocycles. The summed E-state index contributed by atoms with van der Waals surface area (Å²) in [5.74, 6) is -0.451. The van der Waals surface area contributed by atoms with Gasteiger partial charge in [0.15, 0.2) is 0 Å². The quantitative estimate of drug-likeness (QED) is 0.552. The van der Waals surface area contributed by atoms with Crippen molar-refractivity contribution in [1.29, 1.82) is 0 Å². The van der Waals surface area contributed by atoms with Crippen molar-refractivity contribution in [3.05, 3.63) is 36.4 Å². The lowest BCUT2D eigenvalue weighted by molar-refractivity contribution is -0.124. The zero-order valence-electron chi connectivity index (χ0n) is 19.7. The number of fused-ring (bicyclic) bond motifs is 3. The van der Waals surface area contributed by atoms with E-state index in [2.05, 4.69) is 20.2 Å². The number of anilines is 2. The van der Waals surface area contributed by atoms with Crippen molar-refractivity contribution in [2.45, 2.75) is 50.5 Å². The standard InChI is InChI=1S/C23H32N6O4S/c1-3-27(4-2)34(32,33)18-8-9-19-21(13-18)29(23(31)20-7-5-6-12-28(19)20)15-22(30)25-11-10-17-14-24-16-26-17/h8-9,13-14,16,20H,3-7,10-12,15H2,1-2H3,(H,24,26)(H,25,30)/t20-/m1/s1. The number of H-pyrrole nitrogens is 1. The SMILES string of the molecule is CCN(CC)S(=O)(=O)c1ccc2c(c1)N(CC(=O)NCCc1cnc[nH]1)C(=O)[C@H]1CCCCN21. The predicted molar refractivity (Wildman–Crippen MR) is 129 cm³/mol. The minimum absolute atomic E-state index is 0.128. The fraction of sp³-hybridized carbons (Fsp3) is 0.522. The Kier molecular flexibility index (Phi) is 7.22. The molecule has 1 fully saturated rings. The van der Waals surface area contributed by atoms with Gasteiger partial charge in [0.25, 0.3) is 0 Å². The first-order chi connectivity index (χ1) is 16.4. The number of imidazole rings is 1. The third-order valence-corrected chi connectivity index (χ3v) is 8.56. The fourth-order valence-electron chi connectivity index (χ4n) is 4.73. The molecule has 2 N–H and O–H groups in total. The summed E-state index contributed by atoms with van der Waals surface area (Å²) >= 11 is 0. The zero-order chi connectivity index (χ0) is 24.3. The Morgan fingerprint density at radius 1 is 1.24 bits per heavy atom. The molecule has 0 radical (unpaired) electrons. The van der Waals surface area contributed by atoms with Crippen molar-refractivity contribution in [3.63, 3.8) is 0 Å². The number of carbonyl (C=O) groups excluding carboxylic acids is 2. The van der Waals surface area contributed by atoms with Gasteiger partial charge in [-0.3, -0.25) is 14.5 Å². The predicted octanol–water partition coefficient (Wildman–Crippen LogP) is 1.50. The van der Waals surface area contributed by atoms with Crippen LogP contribution in [-0.2, 0) is 26.0 Å². The molecular formula is C23H32N6O4S. The van der Waals surface area contributed by atoms with Gasteiger partial charge in [-0.2, -0.15) is 4.31 Å². The van der Waals surface area contributed by atoms with E-state index in [1.54, 1.807) is 44.6 Å². The van der Waals surface area contributed by atoms with Gasteiger partial charge in [0.05, 0.1) is 22.6 Å². The highest BCUT2D eigenvalue weighted by atomic mass is 32.2. The second-order valence-corrected chi connectivity index (χ2v) is 10.5. The molecule has 0 unspecified atom stereocenters. The number of piperidine rings is 1. The van der Waals surface area contributed by atoms with E-state index >= 15 is 0 Å². The molecular weight excluding hydrogens is 456 g/mol. The molecule has 2 aliphatic heterocycles. The van der Waals surface area contributed by atoms with Gasteiger partial charge in [-0.05, 0) is 37.5 Å². The Bertz CT molecular complexity index is 1130. The Morgan fingerprint density at radius 3 is 2.74 bits per heavy atom. The molecule has 10 nitrogen and oxygen atoms in total. The molecule has 11 heteroatoms. The average molecular weight is 489 g/mol. The second kappa shape index (κ2) is 10.1. The smallest absolute Gasteiger partial charge is 0.250 e. The van der Waals surface area contributed by atoms with Crippen LogP contribution in [0.2, 0.25) is 0 Å². The van der Waals surface area contributed by atoms with E-state index < -0.39 is 10.0 Å². The summed E-state index contributed by atoms with van der Waals surface area (Å²) in [5.41, 5.74) is 2.18. The van der Waals surface area contributed by atoms with Gasteiger partial charge in [0.2, 0.25) is 21.8 Å². The topological polar surface area (TPSA) is 119 Å². The van der Waals surface area contributed by atoms with Crippen LogP contribution in [-0.4, -0.2) is 73.3 Å². The largest absolute Gasteiger partial charge is 0.358 e. The number of nitrogens with one attached hydrogen (secondary N) is 2. The van der Waals surface area contributed by atoms with E-state index in [0.29, 0.717) is 31.7 Å². The van der Waals surface area contributed by atoms with Gasteiger partial charge in [0, 0.05) is 44.5 Å². The minimum atomic E-state index is -3.71. The third-order valence-electron chi connectivity index (χ3n) is 6.52. The molecule has 1 saturated heterocycles. The van der Waals surface area contributed by atoms with Gasteiger partial charge < -0.3 is 15.2 Å². The van der Waals surface area contributed by atoms with Crippen LogP contribution in [0.5, 0.6) is 0 Å². The third kappa shape index (κ3) is 4.67. The van der Waals surface area contributed by atoms with Crippen molar-refractivity contribution < 1.29 is 18.0 Å². The number of aromatic nitrogens is 2. The van der Waals surface area contributed by atoms with Crippen LogP contribution in [0.3, 0.4) is 0 Å². The van der Waals surface area contributed by atoms with E-state index in [1.165, 1.54) is 9.21 Å². The molecule has 1 aromatic carbocycles. The number of rotatable bonds is 9. The maximum absolute atomic E-state index is 13.5. The van der Waals surface area contributed by atoms with Crippen LogP contribution in [0, 0.1) is 0 Å². The maximum atomic E-state index is 13.5. The highest BCUT2D eigenvalue weighted by Gasteiger charge is 2.40. The normalized spacial score (nSPS) is 18.1. The van der Waals surface area contributed by atoms with E-state index in [0.717, 1.165) is 37.2 Å². The number of aromatic amines is 1. The first-order valence-corrected chi connectivity index (χ1v) is 13.3. The minimum Gasteiger partial charge on any atom is -0.358 e. The van der Waals surface area contributed by atoms with Gasteiger partial charge in [-0.25, -0.2) is 13.4 Å². The number of amides is 2. The number of sulfonamides is 1. The summed E-state index contributed by atoms with van der Waals surface area (Å²) in [6.45, 7) is 5.27. The average Bonchev–Trinajstić information content (AvgIpc) is 3.35. The monoisotopic (exact) mass is 488 g/mol. The van der Waals surface area contributed by atoms with E-state index in [9.17, 15) is 18.0 Å². The number of nitrogens with zero attached hydrogens (tertiary/aromatic N) is 4. The van der Waals surface area contributed by atoms with Crippen LogP contribution >= 0.6 is 0 Å². The van der Waals surface area contributed by atoms with Gasteiger partial charge >= 0.3 is 0 Å². The molecule has 4 rings (SSSR count). The van der Waals surface area contributed by atoms with Crippen LogP contribution in [0.25, 0.3) is 0 Å². The van der Waals surface area contributed by atoms with Crippen molar-refractivity contribution in [3.8, 4) is 0 Å². The first kappa shape index (κ1) is 24.2. The van der Waals surface area contributed by atoms with Crippen molar-refractivity contribution >= 4 is 33.2 Å². The van der Waals surface area contributed by atoms with Crippen LogP contribution in [0.4, 0.5) is 11.4 Å². The lowest BCUT2D eigenvalue weighted by Crippen LogP contribution is -2.57. The Hall–Kier alpha value is -2.92. The maximum Gasteiger partial charge on any atom is 0.250 e. The molecule has 1 aromatic heterocycles. The van der Waals surface area contributed by atoms with E-state index in [4.69, 9.17) is 0 Å². The number of benzene rings is 1. The summed E-state index contributed by atoms with van der Waals surface area (Å²) in [4.78, 5) is 36.8. The van der Waals surface area contributed by atoms with Crippen LogP contribution in [0.1, 0.15) is 38.8 Å². The summed E-state index contributed by atoms with van der Waals surface area (Å²) in [6.07, 6.45) is 6.51. The van der Waals surface area contributed by atoms with E-state index in [1.807, 2.05) is 0 Å². The number of hydrogen-bond donors (Lipinski definition) is 2. The Morgan fingerprint density at radius 2 is 2.03 bits per heavy atom. The highest BCUT2D eigenvalue weighted by Crippen LogP contribution is 2.40. The second-order valence-electron chi connectivity index (χ2n) is 8.55. The van der Waals surface area contributed by atoms with Crippen molar-refractivity contribution in [2.75, 3.05) is 42.5 Å². The summed E-state index contributed by atoms with van der Waals surface area (Å²) in [7, 11) is -3.71. The molecule has 2 aromatic rings. The summed E-state index contributed by atoms with van der Waals surface area (Å²) in [6, 6.07) is 4.60. The van der Waals surface area contributed by atoms with Crippen LogP contribution < -0.4 is 15.1 Å². The van der Waals surface area contributed by atoms with Gasteiger partial charge in [-0.1, -0.05) is 13.8 Å². The molecule has 3 heterocycles. The number of hydrogen-bond acceptors (Lipinski definition) is 6. The lowest BCUT2D eigenvalue weighted by atomic mass is 9.96. The molecule has 2 amide bonds. The van der Waals surface area contributed by atoms with E-state index in [-0.39, 0.29) is 29.3 Å². The molecule has 0 saturated carbocycles. The van der Waals surface area contributed by atoms with Gasteiger partial charge in [0.1, 0.15) is 12.6 Å². The summed E-state index contributed by atoms with van der Waals surface area (Å²) < 4.78 is 27.7. The van der Waals surface area contributed by atoms with Gasteiger partial charge in [-0.15, -0.1) is 0 Å². The molecule has 0 bridgehead atoms. The molecule has 34 heavy (non-hydrogen) atoms. The summed E-state index contributed by atoms with van der Waals surface area (Å²) in [5, 5.41) is 2.85. The first-order valence-electron chi connectivity index (χ1n) is 11.8.